The molecule has 0 aliphatic carbocycles. The number of nitrogens with one attached hydrogen (secondary N) is 1. The van der Waals surface area contributed by atoms with E-state index in [4.69, 9.17) is 0 Å². The van der Waals surface area contributed by atoms with Crippen molar-refractivity contribution >= 4 is 28.1 Å². The number of carbonyl (C=O) groups excluding carboxylic acids is 3. The van der Waals surface area contributed by atoms with Gasteiger partial charge in [-0.3, -0.25) is 9.59 Å². The highest BCUT2D eigenvalue weighted by molar-refractivity contribution is 7.88. The molecule has 1 saturated heterocycles. The molecule has 1 atom stereocenters. The molecule has 1 aliphatic heterocycles. The van der Waals surface area contributed by atoms with Crippen LogP contribution in [-0.4, -0.2) is 74.2 Å². The van der Waals surface area contributed by atoms with Gasteiger partial charge in [0.1, 0.15) is 18.1 Å². The second-order valence-corrected chi connectivity index (χ2v) is 8.25. The molecule has 1 heterocycles. The lowest BCUT2D eigenvalue weighted by Gasteiger charge is -2.35. The fourth-order valence-electron chi connectivity index (χ4n) is 2.80. The SMILES string of the molecule is CS(=O)(=O)N1CCN(C(=O)C(CCC=O)NC(=O)c2ccc(F)cc2)CC1. The Morgan fingerprint density at radius 1 is 1.19 bits per heavy atom. The van der Waals surface area contributed by atoms with Gasteiger partial charge in [0.2, 0.25) is 15.9 Å². The minimum absolute atomic E-state index is 0.0867. The van der Waals surface area contributed by atoms with Gasteiger partial charge in [-0.25, -0.2) is 12.8 Å². The third-order valence-corrected chi connectivity index (χ3v) is 5.61. The molecule has 0 saturated carbocycles. The Kier molecular flexibility index (Phi) is 7.03. The van der Waals surface area contributed by atoms with Crippen molar-refractivity contribution in [2.24, 2.45) is 0 Å². The molecule has 2 rings (SSSR count). The minimum atomic E-state index is -3.32. The number of piperazine rings is 1. The predicted octanol–water partition coefficient (Wildman–Crippen LogP) is 0.00700. The number of nitrogens with zero attached hydrogens (tertiary/aromatic N) is 2. The molecule has 1 aromatic carbocycles. The van der Waals surface area contributed by atoms with Crippen molar-refractivity contribution in [3.05, 3.63) is 35.6 Å². The Morgan fingerprint density at radius 2 is 1.78 bits per heavy atom. The second kappa shape index (κ2) is 9.05. The summed E-state index contributed by atoms with van der Waals surface area (Å²) in [6.07, 6.45) is 1.98. The fourth-order valence-corrected chi connectivity index (χ4v) is 3.62. The number of hydrogen-bond donors (Lipinski definition) is 1. The van der Waals surface area contributed by atoms with Crippen LogP contribution in [0.4, 0.5) is 4.39 Å². The van der Waals surface area contributed by atoms with Gasteiger partial charge in [-0.05, 0) is 30.7 Å². The summed E-state index contributed by atoms with van der Waals surface area (Å²) < 4.78 is 37.4. The third kappa shape index (κ3) is 5.83. The molecule has 0 aromatic heterocycles. The number of aldehydes is 1. The van der Waals surface area contributed by atoms with Crippen LogP contribution in [0.3, 0.4) is 0 Å². The second-order valence-electron chi connectivity index (χ2n) is 6.26. The first-order valence-electron chi connectivity index (χ1n) is 8.46. The number of hydrogen-bond acceptors (Lipinski definition) is 5. The van der Waals surface area contributed by atoms with Crippen molar-refractivity contribution in [2.45, 2.75) is 18.9 Å². The number of benzene rings is 1. The van der Waals surface area contributed by atoms with Crippen LogP contribution in [0.25, 0.3) is 0 Å². The molecule has 27 heavy (non-hydrogen) atoms. The van der Waals surface area contributed by atoms with E-state index in [2.05, 4.69) is 5.32 Å². The van der Waals surface area contributed by atoms with Crippen LogP contribution >= 0.6 is 0 Å². The van der Waals surface area contributed by atoms with Crippen LogP contribution in [-0.2, 0) is 19.6 Å². The molecule has 8 nitrogen and oxygen atoms in total. The number of sulfonamides is 1. The van der Waals surface area contributed by atoms with E-state index < -0.39 is 27.8 Å². The standard InChI is InChI=1S/C17H22FN3O5S/c1-27(25,26)21-10-8-20(9-11-21)17(24)15(3-2-12-22)19-16(23)13-4-6-14(18)7-5-13/h4-7,12,15H,2-3,8-11H2,1H3,(H,19,23). The first-order valence-corrected chi connectivity index (χ1v) is 10.3. The van der Waals surface area contributed by atoms with Crippen LogP contribution < -0.4 is 5.32 Å². The first-order chi connectivity index (χ1) is 12.7. The zero-order chi connectivity index (χ0) is 20.0. The number of amides is 2. The smallest absolute Gasteiger partial charge is 0.251 e. The molecule has 0 bridgehead atoms. The lowest BCUT2D eigenvalue weighted by Crippen LogP contribution is -2.55. The highest BCUT2D eigenvalue weighted by Gasteiger charge is 2.30. The van der Waals surface area contributed by atoms with E-state index in [-0.39, 0.29) is 50.5 Å². The largest absolute Gasteiger partial charge is 0.340 e. The minimum Gasteiger partial charge on any atom is -0.340 e. The van der Waals surface area contributed by atoms with E-state index in [0.29, 0.717) is 6.29 Å². The van der Waals surface area contributed by atoms with Crippen molar-refractivity contribution in [1.29, 1.82) is 0 Å². The summed E-state index contributed by atoms with van der Waals surface area (Å²) in [7, 11) is -3.32. The summed E-state index contributed by atoms with van der Waals surface area (Å²) in [5.41, 5.74) is 0.196. The van der Waals surface area contributed by atoms with Crippen LogP contribution in [0.5, 0.6) is 0 Å². The molecular weight excluding hydrogens is 377 g/mol. The molecule has 1 aliphatic rings. The Hall–Kier alpha value is -2.33. The summed E-state index contributed by atoms with van der Waals surface area (Å²) in [5, 5.41) is 2.58. The van der Waals surface area contributed by atoms with E-state index in [1.807, 2.05) is 0 Å². The third-order valence-electron chi connectivity index (χ3n) is 4.30. The van der Waals surface area contributed by atoms with E-state index >= 15 is 0 Å². The van der Waals surface area contributed by atoms with Gasteiger partial charge in [-0.2, -0.15) is 4.31 Å². The maximum Gasteiger partial charge on any atom is 0.251 e. The predicted molar refractivity (Wildman–Crippen MR) is 95.9 cm³/mol. The molecule has 1 fully saturated rings. The first kappa shape index (κ1) is 21.0. The van der Waals surface area contributed by atoms with Crippen LogP contribution in [0.1, 0.15) is 23.2 Å². The van der Waals surface area contributed by atoms with Crippen molar-refractivity contribution in [1.82, 2.24) is 14.5 Å². The Bertz CT molecular complexity index is 789. The highest BCUT2D eigenvalue weighted by Crippen LogP contribution is 2.11. The van der Waals surface area contributed by atoms with Gasteiger partial charge >= 0.3 is 0 Å². The Balaban J connectivity index is 2.04. The van der Waals surface area contributed by atoms with Crippen molar-refractivity contribution < 1.29 is 27.2 Å². The van der Waals surface area contributed by atoms with E-state index in [9.17, 15) is 27.2 Å². The monoisotopic (exact) mass is 399 g/mol. The van der Waals surface area contributed by atoms with Crippen LogP contribution in [0.2, 0.25) is 0 Å². The molecule has 1 aromatic rings. The normalized spacial score (nSPS) is 16.6. The lowest BCUT2D eigenvalue weighted by atomic mass is 10.1. The van der Waals surface area contributed by atoms with Gasteiger partial charge in [-0.1, -0.05) is 0 Å². The topological polar surface area (TPSA) is 104 Å². The average Bonchev–Trinajstić information content (AvgIpc) is 2.64. The maximum atomic E-state index is 13.0. The highest BCUT2D eigenvalue weighted by atomic mass is 32.2. The van der Waals surface area contributed by atoms with Crippen LogP contribution in [0, 0.1) is 5.82 Å². The summed E-state index contributed by atoms with van der Waals surface area (Å²) in [5.74, 6) is -1.40. The molecule has 2 amide bonds. The molecule has 1 unspecified atom stereocenters. The van der Waals surface area contributed by atoms with Crippen molar-refractivity contribution in [3.63, 3.8) is 0 Å². The molecule has 0 radical (unpaired) electrons. The fraction of sp³-hybridized carbons (Fsp3) is 0.471. The zero-order valence-corrected chi connectivity index (χ0v) is 15.7. The number of rotatable bonds is 7. The molecular formula is C17H22FN3O5S. The zero-order valence-electron chi connectivity index (χ0n) is 14.9. The number of carbonyl (C=O) groups is 3. The lowest BCUT2D eigenvalue weighted by molar-refractivity contribution is -0.134. The van der Waals surface area contributed by atoms with Gasteiger partial charge in [0.25, 0.3) is 5.91 Å². The van der Waals surface area contributed by atoms with Crippen LogP contribution in [0.15, 0.2) is 24.3 Å². The van der Waals surface area contributed by atoms with Gasteiger partial charge in [-0.15, -0.1) is 0 Å². The van der Waals surface area contributed by atoms with E-state index in [1.165, 1.54) is 21.3 Å². The van der Waals surface area contributed by atoms with E-state index in [0.717, 1.165) is 18.4 Å². The maximum absolute atomic E-state index is 13.0. The summed E-state index contributed by atoms with van der Waals surface area (Å²) >= 11 is 0. The van der Waals surface area contributed by atoms with Crippen molar-refractivity contribution in [3.8, 4) is 0 Å². The average molecular weight is 399 g/mol. The van der Waals surface area contributed by atoms with Crippen molar-refractivity contribution in [2.75, 3.05) is 32.4 Å². The summed E-state index contributed by atoms with van der Waals surface area (Å²) in [6.45, 7) is 0.763. The molecule has 0 spiro atoms. The quantitative estimate of drug-likeness (QED) is 0.651. The Morgan fingerprint density at radius 3 is 2.30 bits per heavy atom. The molecule has 10 heteroatoms. The van der Waals surface area contributed by atoms with Gasteiger partial charge in [0.05, 0.1) is 6.26 Å². The molecule has 1 N–H and O–H groups in total. The van der Waals surface area contributed by atoms with E-state index in [1.54, 1.807) is 0 Å². The summed E-state index contributed by atoms with van der Waals surface area (Å²) in [6, 6.07) is 3.97. The number of halogens is 1. The van der Waals surface area contributed by atoms with Gasteiger partial charge < -0.3 is 15.0 Å². The molecule has 148 valence electrons. The summed E-state index contributed by atoms with van der Waals surface area (Å²) in [4.78, 5) is 37.2. The van der Waals surface area contributed by atoms with Gasteiger partial charge in [0, 0.05) is 38.2 Å². The Labute approximate surface area is 157 Å². The van der Waals surface area contributed by atoms with Gasteiger partial charge in [0.15, 0.2) is 0 Å².